The average molecular weight is 278 g/mol. The standard InChI is InChI=1S/C17H30N2O/c1-4-6-7-8-9-15(3)20-17-14-19-12-10-16(17)13-18-11-5-2/h10,12,14-15,18H,4-9,11,13H2,1-3H3. The molecule has 0 saturated carbocycles. The maximum Gasteiger partial charge on any atom is 0.142 e. The molecule has 1 unspecified atom stereocenters. The van der Waals surface area contributed by atoms with Crippen LogP contribution in [0, 0.1) is 0 Å². The van der Waals surface area contributed by atoms with Crippen LogP contribution in [0.4, 0.5) is 0 Å². The maximum absolute atomic E-state index is 6.05. The molecule has 20 heavy (non-hydrogen) atoms. The summed E-state index contributed by atoms with van der Waals surface area (Å²) in [6.07, 6.45) is 11.4. The lowest BCUT2D eigenvalue weighted by Crippen LogP contribution is -2.17. The van der Waals surface area contributed by atoms with Gasteiger partial charge in [0.1, 0.15) is 5.75 Å². The molecule has 3 heteroatoms. The van der Waals surface area contributed by atoms with Gasteiger partial charge < -0.3 is 10.1 Å². The highest BCUT2D eigenvalue weighted by Crippen LogP contribution is 2.19. The Morgan fingerprint density at radius 1 is 1.20 bits per heavy atom. The van der Waals surface area contributed by atoms with Crippen molar-refractivity contribution < 1.29 is 4.74 Å². The third kappa shape index (κ3) is 6.90. The van der Waals surface area contributed by atoms with Crippen molar-refractivity contribution in [3.05, 3.63) is 24.0 Å². The molecule has 1 aromatic heterocycles. The highest BCUT2D eigenvalue weighted by Gasteiger charge is 2.08. The summed E-state index contributed by atoms with van der Waals surface area (Å²) >= 11 is 0. The lowest BCUT2D eigenvalue weighted by atomic mass is 10.1. The van der Waals surface area contributed by atoms with Gasteiger partial charge in [0.15, 0.2) is 0 Å². The van der Waals surface area contributed by atoms with E-state index in [4.69, 9.17) is 4.74 Å². The number of ether oxygens (including phenoxy) is 1. The van der Waals surface area contributed by atoms with Crippen molar-refractivity contribution in [3.63, 3.8) is 0 Å². The van der Waals surface area contributed by atoms with Crippen molar-refractivity contribution >= 4 is 0 Å². The van der Waals surface area contributed by atoms with E-state index in [1.165, 1.54) is 31.2 Å². The first-order valence-electron chi connectivity index (χ1n) is 8.08. The summed E-state index contributed by atoms with van der Waals surface area (Å²) in [5.41, 5.74) is 1.20. The molecule has 0 aliphatic carbocycles. The van der Waals surface area contributed by atoms with Crippen molar-refractivity contribution in [2.75, 3.05) is 6.54 Å². The van der Waals surface area contributed by atoms with Crippen LogP contribution in [-0.4, -0.2) is 17.6 Å². The smallest absolute Gasteiger partial charge is 0.142 e. The predicted molar refractivity (Wildman–Crippen MR) is 85.1 cm³/mol. The fourth-order valence-electron chi connectivity index (χ4n) is 2.20. The third-order valence-electron chi connectivity index (χ3n) is 3.40. The molecular weight excluding hydrogens is 248 g/mol. The van der Waals surface area contributed by atoms with E-state index >= 15 is 0 Å². The zero-order valence-electron chi connectivity index (χ0n) is 13.3. The minimum absolute atomic E-state index is 0.265. The van der Waals surface area contributed by atoms with E-state index in [0.29, 0.717) is 0 Å². The Hall–Kier alpha value is -1.09. The van der Waals surface area contributed by atoms with Gasteiger partial charge in [0.2, 0.25) is 0 Å². The molecule has 0 spiro atoms. The third-order valence-corrected chi connectivity index (χ3v) is 3.40. The molecule has 0 aromatic carbocycles. The van der Waals surface area contributed by atoms with Gasteiger partial charge in [-0.15, -0.1) is 0 Å². The number of nitrogens with zero attached hydrogens (tertiary/aromatic N) is 1. The molecular formula is C17H30N2O. The van der Waals surface area contributed by atoms with Gasteiger partial charge in [-0.25, -0.2) is 0 Å². The Labute approximate surface area is 124 Å². The molecule has 0 aliphatic rings. The first-order chi connectivity index (χ1) is 9.77. The van der Waals surface area contributed by atoms with Gasteiger partial charge in [-0.2, -0.15) is 0 Å². The number of nitrogens with one attached hydrogen (secondary N) is 1. The van der Waals surface area contributed by atoms with E-state index in [-0.39, 0.29) is 6.10 Å². The lowest BCUT2D eigenvalue weighted by molar-refractivity contribution is 0.203. The number of hydrogen-bond acceptors (Lipinski definition) is 3. The summed E-state index contributed by atoms with van der Waals surface area (Å²) in [7, 11) is 0. The molecule has 114 valence electrons. The van der Waals surface area contributed by atoms with Gasteiger partial charge in [0, 0.05) is 18.3 Å². The van der Waals surface area contributed by atoms with E-state index in [1.807, 2.05) is 18.5 Å². The monoisotopic (exact) mass is 278 g/mol. The fourth-order valence-corrected chi connectivity index (χ4v) is 2.20. The second-order valence-corrected chi connectivity index (χ2v) is 5.44. The Bertz CT molecular complexity index is 355. The molecule has 1 rings (SSSR count). The Morgan fingerprint density at radius 2 is 2.05 bits per heavy atom. The average Bonchev–Trinajstić information content (AvgIpc) is 2.46. The van der Waals surface area contributed by atoms with Crippen LogP contribution in [0.5, 0.6) is 5.75 Å². The molecule has 0 bridgehead atoms. The molecule has 0 fully saturated rings. The van der Waals surface area contributed by atoms with Crippen LogP contribution in [0.15, 0.2) is 18.5 Å². The summed E-state index contributed by atoms with van der Waals surface area (Å²) in [4.78, 5) is 4.18. The second kappa shape index (κ2) is 10.7. The van der Waals surface area contributed by atoms with Crippen LogP contribution < -0.4 is 10.1 Å². The number of rotatable bonds is 11. The number of hydrogen-bond donors (Lipinski definition) is 1. The summed E-state index contributed by atoms with van der Waals surface area (Å²) in [6.45, 7) is 8.46. The van der Waals surface area contributed by atoms with E-state index in [9.17, 15) is 0 Å². The quantitative estimate of drug-likeness (QED) is 0.612. The van der Waals surface area contributed by atoms with Crippen molar-refractivity contribution in [2.45, 2.75) is 71.9 Å². The van der Waals surface area contributed by atoms with Crippen molar-refractivity contribution in [1.82, 2.24) is 10.3 Å². The van der Waals surface area contributed by atoms with Crippen LogP contribution in [0.2, 0.25) is 0 Å². The van der Waals surface area contributed by atoms with Crippen LogP contribution in [-0.2, 0) is 6.54 Å². The normalized spacial score (nSPS) is 12.3. The van der Waals surface area contributed by atoms with Gasteiger partial charge in [-0.3, -0.25) is 4.98 Å². The van der Waals surface area contributed by atoms with Gasteiger partial charge in [0.25, 0.3) is 0 Å². The molecule has 1 atom stereocenters. The highest BCUT2D eigenvalue weighted by molar-refractivity contribution is 5.29. The summed E-state index contributed by atoms with van der Waals surface area (Å²) < 4.78 is 6.05. The molecule has 1 heterocycles. The van der Waals surface area contributed by atoms with Crippen molar-refractivity contribution in [1.29, 1.82) is 0 Å². The number of aromatic nitrogens is 1. The maximum atomic E-state index is 6.05. The van der Waals surface area contributed by atoms with Crippen LogP contribution >= 0.6 is 0 Å². The first kappa shape index (κ1) is 17.0. The molecule has 0 aliphatic heterocycles. The van der Waals surface area contributed by atoms with Crippen molar-refractivity contribution in [3.8, 4) is 5.75 Å². The number of unbranched alkanes of at least 4 members (excludes halogenated alkanes) is 3. The molecule has 1 aromatic rings. The molecule has 0 radical (unpaired) electrons. The predicted octanol–water partition coefficient (Wildman–Crippen LogP) is 4.32. The summed E-state index contributed by atoms with van der Waals surface area (Å²) in [5.74, 6) is 0.930. The highest BCUT2D eigenvalue weighted by atomic mass is 16.5. The van der Waals surface area contributed by atoms with Crippen LogP contribution in [0.25, 0.3) is 0 Å². The summed E-state index contributed by atoms with van der Waals surface area (Å²) in [6, 6.07) is 2.04. The van der Waals surface area contributed by atoms with E-state index < -0.39 is 0 Å². The summed E-state index contributed by atoms with van der Waals surface area (Å²) in [5, 5.41) is 3.42. The Balaban J connectivity index is 2.41. The fraction of sp³-hybridized carbons (Fsp3) is 0.706. The first-order valence-corrected chi connectivity index (χ1v) is 8.08. The van der Waals surface area contributed by atoms with Gasteiger partial charge in [0.05, 0.1) is 12.3 Å². The Morgan fingerprint density at radius 3 is 2.80 bits per heavy atom. The van der Waals surface area contributed by atoms with E-state index in [2.05, 4.69) is 31.1 Å². The Kier molecular flexibility index (Phi) is 9.05. The van der Waals surface area contributed by atoms with Crippen LogP contribution in [0.3, 0.4) is 0 Å². The van der Waals surface area contributed by atoms with E-state index in [0.717, 1.165) is 31.7 Å². The minimum atomic E-state index is 0.265. The van der Waals surface area contributed by atoms with Gasteiger partial charge in [-0.1, -0.05) is 33.1 Å². The molecule has 1 N–H and O–H groups in total. The molecule has 3 nitrogen and oxygen atoms in total. The zero-order valence-corrected chi connectivity index (χ0v) is 13.3. The minimum Gasteiger partial charge on any atom is -0.489 e. The SMILES string of the molecule is CCCCCCC(C)Oc1cnccc1CNCCC. The number of pyridine rings is 1. The topological polar surface area (TPSA) is 34.1 Å². The molecule has 0 saturated heterocycles. The van der Waals surface area contributed by atoms with Gasteiger partial charge in [-0.05, 0) is 38.8 Å². The largest absolute Gasteiger partial charge is 0.489 e. The molecule has 0 amide bonds. The van der Waals surface area contributed by atoms with Gasteiger partial charge >= 0.3 is 0 Å². The zero-order chi connectivity index (χ0) is 14.6. The lowest BCUT2D eigenvalue weighted by Gasteiger charge is -2.17. The second-order valence-electron chi connectivity index (χ2n) is 5.44. The van der Waals surface area contributed by atoms with Crippen LogP contribution in [0.1, 0.15) is 64.9 Å². The van der Waals surface area contributed by atoms with Crippen molar-refractivity contribution in [2.24, 2.45) is 0 Å². The van der Waals surface area contributed by atoms with E-state index in [1.54, 1.807) is 0 Å².